The van der Waals surface area contributed by atoms with Crippen LogP contribution < -0.4 is 16.6 Å². The fraction of sp³-hybridized carbons (Fsp3) is 0.417. The Morgan fingerprint density at radius 1 is 1.63 bits per heavy atom. The number of carbonyl (C=O) groups is 2. The lowest BCUT2D eigenvalue weighted by molar-refractivity contribution is -0.127. The summed E-state index contributed by atoms with van der Waals surface area (Å²) < 4.78 is 0. The van der Waals surface area contributed by atoms with Crippen molar-refractivity contribution in [2.75, 3.05) is 18.5 Å². The van der Waals surface area contributed by atoms with Gasteiger partial charge in [0.25, 0.3) is 5.91 Å². The van der Waals surface area contributed by atoms with Gasteiger partial charge in [-0.2, -0.15) is 0 Å². The number of piperazine rings is 1. The number of amides is 2. The number of rotatable bonds is 3. The van der Waals surface area contributed by atoms with E-state index in [9.17, 15) is 9.59 Å². The maximum Gasteiger partial charge on any atom is 0.256 e. The molecule has 2 amide bonds. The number of hydrogen-bond donors (Lipinski definition) is 3. The number of nitrogens with zero attached hydrogens (tertiary/aromatic N) is 2. The fourth-order valence-electron chi connectivity index (χ4n) is 2.14. The molecule has 1 saturated heterocycles. The molecule has 7 nitrogen and oxygen atoms in total. The van der Waals surface area contributed by atoms with Crippen LogP contribution >= 0.6 is 0 Å². The van der Waals surface area contributed by atoms with Crippen LogP contribution in [0.1, 0.15) is 23.7 Å². The zero-order valence-corrected chi connectivity index (χ0v) is 10.7. The highest BCUT2D eigenvalue weighted by atomic mass is 16.2. The van der Waals surface area contributed by atoms with E-state index in [1.807, 2.05) is 6.92 Å². The fourth-order valence-corrected chi connectivity index (χ4v) is 2.14. The van der Waals surface area contributed by atoms with Gasteiger partial charge in [-0.15, -0.1) is 0 Å². The molecular formula is C12H17N5O2. The van der Waals surface area contributed by atoms with Crippen molar-refractivity contribution >= 4 is 17.6 Å². The van der Waals surface area contributed by atoms with Gasteiger partial charge in [-0.1, -0.05) is 6.92 Å². The van der Waals surface area contributed by atoms with Gasteiger partial charge >= 0.3 is 0 Å². The molecule has 4 N–H and O–H groups in total. The Bertz CT molecular complexity index is 474. The molecule has 0 aromatic carbocycles. The predicted molar refractivity (Wildman–Crippen MR) is 70.2 cm³/mol. The van der Waals surface area contributed by atoms with Gasteiger partial charge in [0.05, 0.1) is 5.56 Å². The first-order valence-electron chi connectivity index (χ1n) is 6.18. The van der Waals surface area contributed by atoms with Crippen LogP contribution in [0.15, 0.2) is 18.3 Å². The van der Waals surface area contributed by atoms with Crippen LogP contribution in [0.2, 0.25) is 0 Å². The SMILES string of the molecule is CCC1C(=O)NCCN1C(=O)c1ccc(NN)nc1. The zero-order chi connectivity index (χ0) is 13.8. The summed E-state index contributed by atoms with van der Waals surface area (Å²) in [5, 5.41) is 2.76. The van der Waals surface area contributed by atoms with Crippen molar-refractivity contribution in [2.24, 2.45) is 5.84 Å². The molecule has 0 bridgehead atoms. The Hall–Kier alpha value is -2.15. The minimum atomic E-state index is -0.409. The molecule has 1 unspecified atom stereocenters. The number of anilines is 1. The third-order valence-corrected chi connectivity index (χ3v) is 3.14. The van der Waals surface area contributed by atoms with Crippen LogP contribution in [-0.2, 0) is 4.79 Å². The van der Waals surface area contributed by atoms with Crippen LogP contribution in [0.4, 0.5) is 5.82 Å². The average molecular weight is 263 g/mol. The summed E-state index contributed by atoms with van der Waals surface area (Å²) in [5.74, 6) is 5.42. The summed E-state index contributed by atoms with van der Waals surface area (Å²) in [6, 6.07) is 2.86. The van der Waals surface area contributed by atoms with Crippen molar-refractivity contribution in [3.8, 4) is 0 Å². The summed E-state index contributed by atoms with van der Waals surface area (Å²) in [6.07, 6.45) is 2.05. The Morgan fingerprint density at radius 2 is 2.42 bits per heavy atom. The summed E-state index contributed by atoms with van der Waals surface area (Å²) in [5.41, 5.74) is 2.85. The van der Waals surface area contributed by atoms with Crippen molar-refractivity contribution in [1.29, 1.82) is 0 Å². The summed E-state index contributed by atoms with van der Waals surface area (Å²) >= 11 is 0. The van der Waals surface area contributed by atoms with E-state index in [1.165, 1.54) is 6.20 Å². The van der Waals surface area contributed by atoms with Crippen LogP contribution in [0.5, 0.6) is 0 Å². The normalized spacial score (nSPS) is 18.9. The van der Waals surface area contributed by atoms with Crippen LogP contribution in [0, 0.1) is 0 Å². The molecule has 0 radical (unpaired) electrons. The molecule has 1 aromatic rings. The Morgan fingerprint density at radius 3 is 3.00 bits per heavy atom. The van der Waals surface area contributed by atoms with Crippen LogP contribution in [0.25, 0.3) is 0 Å². The number of pyridine rings is 1. The molecule has 102 valence electrons. The number of hydrazine groups is 1. The molecule has 0 saturated carbocycles. The molecule has 19 heavy (non-hydrogen) atoms. The first-order valence-corrected chi connectivity index (χ1v) is 6.18. The third-order valence-electron chi connectivity index (χ3n) is 3.14. The van der Waals surface area contributed by atoms with E-state index < -0.39 is 6.04 Å². The predicted octanol–water partition coefficient (Wildman–Crippen LogP) is -0.282. The number of carbonyl (C=O) groups excluding carboxylic acids is 2. The quantitative estimate of drug-likeness (QED) is 0.514. The summed E-state index contributed by atoms with van der Waals surface area (Å²) in [6.45, 7) is 2.88. The van der Waals surface area contributed by atoms with Crippen molar-refractivity contribution < 1.29 is 9.59 Å². The van der Waals surface area contributed by atoms with Crippen LogP contribution in [0.3, 0.4) is 0 Å². The second-order valence-corrected chi connectivity index (χ2v) is 4.29. The number of nitrogens with one attached hydrogen (secondary N) is 2. The second-order valence-electron chi connectivity index (χ2n) is 4.29. The molecule has 1 atom stereocenters. The van der Waals surface area contributed by atoms with Gasteiger partial charge in [0.1, 0.15) is 11.9 Å². The monoisotopic (exact) mass is 263 g/mol. The molecule has 1 aliphatic heterocycles. The molecule has 2 heterocycles. The zero-order valence-electron chi connectivity index (χ0n) is 10.7. The summed E-state index contributed by atoms with van der Waals surface area (Å²) in [4.78, 5) is 29.7. The van der Waals surface area contributed by atoms with Crippen LogP contribution in [-0.4, -0.2) is 40.8 Å². The van der Waals surface area contributed by atoms with Gasteiger partial charge in [0.15, 0.2) is 0 Å². The maximum absolute atomic E-state index is 12.4. The molecule has 1 fully saturated rings. The van der Waals surface area contributed by atoms with Gasteiger partial charge in [-0.05, 0) is 18.6 Å². The lowest BCUT2D eigenvalue weighted by Gasteiger charge is -2.34. The lowest BCUT2D eigenvalue weighted by Crippen LogP contribution is -2.56. The lowest BCUT2D eigenvalue weighted by atomic mass is 10.1. The Kier molecular flexibility index (Phi) is 3.96. The minimum absolute atomic E-state index is 0.102. The second kappa shape index (κ2) is 5.66. The van der Waals surface area contributed by atoms with Gasteiger partial charge in [0, 0.05) is 19.3 Å². The average Bonchev–Trinajstić information content (AvgIpc) is 2.46. The van der Waals surface area contributed by atoms with Crippen molar-refractivity contribution in [2.45, 2.75) is 19.4 Å². The first kappa shape index (κ1) is 13.3. The van der Waals surface area contributed by atoms with Crippen molar-refractivity contribution in [3.63, 3.8) is 0 Å². The van der Waals surface area contributed by atoms with E-state index in [0.29, 0.717) is 30.9 Å². The first-order chi connectivity index (χ1) is 9.17. The third kappa shape index (κ3) is 2.65. The van der Waals surface area contributed by atoms with Crippen molar-refractivity contribution in [1.82, 2.24) is 15.2 Å². The molecule has 1 aromatic heterocycles. The Balaban J connectivity index is 2.19. The number of nitrogens with two attached hydrogens (primary N) is 1. The number of nitrogen functional groups attached to an aromatic ring is 1. The highest BCUT2D eigenvalue weighted by Gasteiger charge is 2.32. The molecule has 1 aliphatic rings. The van der Waals surface area contributed by atoms with Crippen molar-refractivity contribution in [3.05, 3.63) is 23.9 Å². The van der Waals surface area contributed by atoms with Gasteiger partial charge < -0.3 is 15.6 Å². The van der Waals surface area contributed by atoms with E-state index in [4.69, 9.17) is 5.84 Å². The molecule has 0 aliphatic carbocycles. The van der Waals surface area contributed by atoms with E-state index in [2.05, 4.69) is 15.7 Å². The largest absolute Gasteiger partial charge is 0.353 e. The molecule has 0 spiro atoms. The highest BCUT2D eigenvalue weighted by molar-refractivity contribution is 5.98. The minimum Gasteiger partial charge on any atom is -0.353 e. The molecule has 7 heteroatoms. The topological polar surface area (TPSA) is 100 Å². The van der Waals surface area contributed by atoms with Gasteiger partial charge in [-0.3, -0.25) is 9.59 Å². The van der Waals surface area contributed by atoms with E-state index >= 15 is 0 Å². The summed E-state index contributed by atoms with van der Waals surface area (Å²) in [7, 11) is 0. The van der Waals surface area contributed by atoms with E-state index in [-0.39, 0.29) is 11.8 Å². The molecule has 2 rings (SSSR count). The van der Waals surface area contributed by atoms with Gasteiger partial charge in [-0.25, -0.2) is 10.8 Å². The highest BCUT2D eigenvalue weighted by Crippen LogP contribution is 2.14. The van der Waals surface area contributed by atoms with Gasteiger partial charge in [0.2, 0.25) is 5.91 Å². The maximum atomic E-state index is 12.4. The Labute approximate surface area is 111 Å². The smallest absolute Gasteiger partial charge is 0.256 e. The standard InChI is InChI=1S/C12H17N5O2/c1-2-9-11(18)14-5-6-17(9)12(19)8-3-4-10(16-13)15-7-8/h3-4,7,9H,2,5-6,13H2,1H3,(H,14,18)(H,15,16). The van der Waals surface area contributed by atoms with E-state index in [0.717, 1.165) is 0 Å². The number of aromatic nitrogens is 1. The number of hydrogen-bond acceptors (Lipinski definition) is 5. The molecular weight excluding hydrogens is 246 g/mol. The van der Waals surface area contributed by atoms with E-state index in [1.54, 1.807) is 17.0 Å².